The number of amides is 2. The fraction of sp³-hybridized carbons (Fsp3) is 0.310. The number of rotatable bonds is 9. The standard InChI is InChI=1S/C29H33FN2O3/c1-21-10-8-9-13-23(21)19-32(27(33)20-35-25-16-14-24(30)15-17-25)26(28(34)31-29(2,3)4)18-22-11-6-5-7-12-22/h5-17,26H,18-20H2,1-4H3,(H,31,34). The summed E-state index contributed by atoms with van der Waals surface area (Å²) >= 11 is 0. The first-order valence-corrected chi connectivity index (χ1v) is 11.7. The van der Waals surface area contributed by atoms with Crippen LogP contribution in [-0.2, 0) is 22.6 Å². The monoisotopic (exact) mass is 476 g/mol. The van der Waals surface area contributed by atoms with Crippen LogP contribution in [0.4, 0.5) is 4.39 Å². The van der Waals surface area contributed by atoms with E-state index in [2.05, 4.69) is 5.32 Å². The van der Waals surface area contributed by atoms with Crippen molar-refractivity contribution in [3.8, 4) is 5.75 Å². The fourth-order valence-corrected chi connectivity index (χ4v) is 3.74. The van der Waals surface area contributed by atoms with Crippen molar-refractivity contribution in [3.05, 3.63) is 101 Å². The molecule has 35 heavy (non-hydrogen) atoms. The maximum absolute atomic E-state index is 13.5. The molecular formula is C29H33FN2O3. The van der Waals surface area contributed by atoms with E-state index in [9.17, 15) is 14.0 Å². The first-order valence-electron chi connectivity index (χ1n) is 11.7. The first-order chi connectivity index (χ1) is 16.6. The van der Waals surface area contributed by atoms with Crippen LogP contribution in [0.2, 0.25) is 0 Å². The number of halogens is 1. The maximum atomic E-state index is 13.5. The van der Waals surface area contributed by atoms with Gasteiger partial charge in [-0.15, -0.1) is 0 Å². The predicted octanol–water partition coefficient (Wildman–Crippen LogP) is 5.07. The number of carbonyl (C=O) groups is 2. The average molecular weight is 477 g/mol. The van der Waals surface area contributed by atoms with Gasteiger partial charge in [0.1, 0.15) is 17.6 Å². The molecule has 1 unspecified atom stereocenters. The summed E-state index contributed by atoms with van der Waals surface area (Å²) in [6.45, 7) is 7.70. The molecule has 184 valence electrons. The Hall–Kier alpha value is -3.67. The van der Waals surface area contributed by atoms with E-state index in [4.69, 9.17) is 4.74 Å². The zero-order chi connectivity index (χ0) is 25.4. The van der Waals surface area contributed by atoms with Crippen molar-refractivity contribution in [2.45, 2.75) is 52.2 Å². The number of hydrogen-bond donors (Lipinski definition) is 1. The van der Waals surface area contributed by atoms with Gasteiger partial charge in [0, 0.05) is 18.5 Å². The maximum Gasteiger partial charge on any atom is 0.261 e. The minimum Gasteiger partial charge on any atom is -0.484 e. The molecule has 0 aliphatic rings. The first kappa shape index (κ1) is 25.9. The Morgan fingerprint density at radius 2 is 1.57 bits per heavy atom. The van der Waals surface area contributed by atoms with Crippen molar-refractivity contribution in [1.82, 2.24) is 10.2 Å². The molecule has 3 aromatic rings. The molecule has 0 spiro atoms. The summed E-state index contributed by atoms with van der Waals surface area (Å²) in [6, 6.07) is 22.2. The summed E-state index contributed by atoms with van der Waals surface area (Å²) < 4.78 is 18.9. The summed E-state index contributed by atoms with van der Waals surface area (Å²) in [4.78, 5) is 28.6. The highest BCUT2D eigenvalue weighted by molar-refractivity contribution is 5.89. The second-order valence-corrected chi connectivity index (χ2v) is 9.64. The van der Waals surface area contributed by atoms with E-state index in [1.807, 2.05) is 82.3 Å². The van der Waals surface area contributed by atoms with E-state index in [0.29, 0.717) is 12.2 Å². The average Bonchev–Trinajstić information content (AvgIpc) is 2.81. The zero-order valence-electron chi connectivity index (χ0n) is 20.8. The Labute approximate surface area is 206 Å². The van der Waals surface area contributed by atoms with Crippen LogP contribution >= 0.6 is 0 Å². The molecule has 0 aliphatic carbocycles. The molecule has 3 aromatic carbocycles. The smallest absolute Gasteiger partial charge is 0.261 e. The molecule has 0 saturated heterocycles. The molecule has 1 atom stereocenters. The Kier molecular flexibility index (Phi) is 8.63. The van der Waals surface area contributed by atoms with E-state index < -0.39 is 11.6 Å². The van der Waals surface area contributed by atoms with E-state index in [1.54, 1.807) is 4.90 Å². The lowest BCUT2D eigenvalue weighted by Crippen LogP contribution is -2.55. The Balaban J connectivity index is 1.93. The molecule has 0 heterocycles. The summed E-state index contributed by atoms with van der Waals surface area (Å²) in [5, 5.41) is 3.04. The molecule has 5 nitrogen and oxygen atoms in total. The van der Waals surface area contributed by atoms with E-state index in [0.717, 1.165) is 16.7 Å². The topological polar surface area (TPSA) is 58.6 Å². The minimum absolute atomic E-state index is 0.231. The minimum atomic E-state index is -0.749. The van der Waals surface area contributed by atoms with Crippen molar-refractivity contribution < 1.29 is 18.7 Å². The third-order valence-electron chi connectivity index (χ3n) is 5.55. The zero-order valence-corrected chi connectivity index (χ0v) is 20.8. The predicted molar refractivity (Wildman–Crippen MR) is 135 cm³/mol. The lowest BCUT2D eigenvalue weighted by molar-refractivity contribution is -0.143. The number of aryl methyl sites for hydroxylation is 1. The van der Waals surface area contributed by atoms with Crippen LogP contribution in [0.5, 0.6) is 5.75 Å². The van der Waals surface area contributed by atoms with Crippen LogP contribution in [0.3, 0.4) is 0 Å². The van der Waals surface area contributed by atoms with Crippen molar-refractivity contribution >= 4 is 11.8 Å². The highest BCUT2D eigenvalue weighted by atomic mass is 19.1. The van der Waals surface area contributed by atoms with Crippen molar-refractivity contribution in [2.75, 3.05) is 6.61 Å². The molecule has 0 aromatic heterocycles. The molecule has 1 N–H and O–H groups in total. The number of ether oxygens (including phenoxy) is 1. The highest BCUT2D eigenvalue weighted by Gasteiger charge is 2.32. The molecule has 0 aliphatic heterocycles. The summed E-state index contributed by atoms with van der Waals surface area (Å²) in [7, 11) is 0. The number of benzene rings is 3. The molecule has 6 heteroatoms. The number of hydrogen-bond acceptors (Lipinski definition) is 3. The van der Waals surface area contributed by atoms with Gasteiger partial charge in [0.05, 0.1) is 0 Å². The lowest BCUT2D eigenvalue weighted by Gasteiger charge is -2.34. The van der Waals surface area contributed by atoms with Gasteiger partial charge in [-0.3, -0.25) is 9.59 Å². The van der Waals surface area contributed by atoms with Gasteiger partial charge in [-0.1, -0.05) is 54.6 Å². The number of nitrogens with zero attached hydrogens (tertiary/aromatic N) is 1. The molecule has 0 radical (unpaired) electrons. The number of carbonyl (C=O) groups excluding carboxylic acids is 2. The van der Waals surface area contributed by atoms with Crippen LogP contribution in [0, 0.1) is 12.7 Å². The molecule has 0 saturated carbocycles. The van der Waals surface area contributed by atoms with E-state index >= 15 is 0 Å². The van der Waals surface area contributed by atoms with E-state index in [-0.39, 0.29) is 30.8 Å². The molecule has 0 fully saturated rings. The third kappa shape index (κ3) is 7.95. The van der Waals surface area contributed by atoms with Gasteiger partial charge >= 0.3 is 0 Å². The Bertz CT molecular complexity index is 1120. The van der Waals surface area contributed by atoms with Crippen molar-refractivity contribution in [2.24, 2.45) is 0 Å². The number of nitrogens with one attached hydrogen (secondary N) is 1. The van der Waals surface area contributed by atoms with Gasteiger partial charge in [-0.05, 0) is 68.7 Å². The quantitative estimate of drug-likeness (QED) is 0.469. The summed E-state index contributed by atoms with van der Waals surface area (Å²) in [5.74, 6) is -0.561. The molecule has 3 rings (SSSR count). The van der Waals surface area contributed by atoms with Gasteiger partial charge < -0.3 is 15.0 Å². The summed E-state index contributed by atoms with van der Waals surface area (Å²) in [5.41, 5.74) is 2.46. The lowest BCUT2D eigenvalue weighted by atomic mass is 10.00. The van der Waals surface area contributed by atoms with Crippen LogP contribution in [0.1, 0.15) is 37.5 Å². The Morgan fingerprint density at radius 1 is 0.943 bits per heavy atom. The highest BCUT2D eigenvalue weighted by Crippen LogP contribution is 2.19. The van der Waals surface area contributed by atoms with E-state index in [1.165, 1.54) is 24.3 Å². The van der Waals surface area contributed by atoms with Gasteiger partial charge in [0.15, 0.2) is 6.61 Å². The van der Waals surface area contributed by atoms with Crippen LogP contribution in [0.25, 0.3) is 0 Å². The SMILES string of the molecule is Cc1ccccc1CN(C(=O)COc1ccc(F)cc1)C(Cc1ccccc1)C(=O)NC(C)(C)C. The summed E-state index contributed by atoms with van der Waals surface area (Å²) in [6.07, 6.45) is 0.358. The van der Waals surface area contributed by atoms with Gasteiger partial charge in [-0.25, -0.2) is 4.39 Å². The normalized spacial score (nSPS) is 12.0. The fourth-order valence-electron chi connectivity index (χ4n) is 3.74. The van der Waals surface area contributed by atoms with Crippen molar-refractivity contribution in [1.29, 1.82) is 0 Å². The van der Waals surface area contributed by atoms with Gasteiger partial charge in [-0.2, -0.15) is 0 Å². The molecule has 0 bridgehead atoms. The molecule has 2 amide bonds. The molecular weight excluding hydrogens is 443 g/mol. The van der Waals surface area contributed by atoms with Crippen LogP contribution < -0.4 is 10.1 Å². The van der Waals surface area contributed by atoms with Crippen LogP contribution in [0.15, 0.2) is 78.9 Å². The second kappa shape index (κ2) is 11.6. The van der Waals surface area contributed by atoms with Gasteiger partial charge in [0.2, 0.25) is 5.91 Å². The van der Waals surface area contributed by atoms with Gasteiger partial charge in [0.25, 0.3) is 5.91 Å². The van der Waals surface area contributed by atoms with Crippen LogP contribution in [-0.4, -0.2) is 34.9 Å². The Morgan fingerprint density at radius 3 is 2.20 bits per heavy atom. The second-order valence-electron chi connectivity index (χ2n) is 9.64. The largest absolute Gasteiger partial charge is 0.484 e. The third-order valence-corrected chi connectivity index (χ3v) is 5.55. The van der Waals surface area contributed by atoms with Crippen molar-refractivity contribution in [3.63, 3.8) is 0 Å².